The monoisotopic (exact) mass is 723 g/mol. The van der Waals surface area contributed by atoms with E-state index in [0.29, 0.717) is 24.4 Å². The summed E-state index contributed by atoms with van der Waals surface area (Å²) in [4.78, 5) is 27.3. The molecular formula is C36H50FN7O4SSi. The second kappa shape index (κ2) is 15.3. The molecule has 2 N–H and O–H groups in total. The molecule has 1 aliphatic rings. The summed E-state index contributed by atoms with van der Waals surface area (Å²) < 4.78 is 47.7. The molecule has 1 fully saturated rings. The Labute approximate surface area is 296 Å². The number of hydrogen-bond donors (Lipinski definition) is 2. The minimum atomic E-state index is -3.78. The Morgan fingerprint density at radius 1 is 1.14 bits per heavy atom. The fraction of sp³-hybridized carbons (Fsp3) is 0.472. The molecule has 0 bridgehead atoms. The van der Waals surface area contributed by atoms with Crippen molar-refractivity contribution in [2.45, 2.75) is 76.6 Å². The van der Waals surface area contributed by atoms with Crippen LogP contribution in [0.2, 0.25) is 25.7 Å². The van der Waals surface area contributed by atoms with Crippen LogP contribution in [0.4, 0.5) is 21.7 Å². The van der Waals surface area contributed by atoms with Crippen LogP contribution in [-0.2, 0) is 26.1 Å². The second-order valence-corrected chi connectivity index (χ2v) is 22.2. The zero-order chi connectivity index (χ0) is 36.4. The number of aryl methyl sites for hydroxylation is 1. The molecule has 1 amide bonds. The normalized spacial score (nSPS) is 16.9. The van der Waals surface area contributed by atoms with Crippen molar-refractivity contribution in [3.05, 3.63) is 60.2 Å². The van der Waals surface area contributed by atoms with Gasteiger partial charge in [0, 0.05) is 70.0 Å². The smallest absolute Gasteiger partial charge is 0.241 e. The number of benzene rings is 2. The molecule has 0 spiro atoms. The summed E-state index contributed by atoms with van der Waals surface area (Å²) in [5, 5.41) is 7.00. The predicted molar refractivity (Wildman–Crippen MR) is 201 cm³/mol. The lowest BCUT2D eigenvalue weighted by molar-refractivity contribution is -0.123. The first-order valence-electron chi connectivity index (χ1n) is 17.1. The van der Waals surface area contributed by atoms with Crippen molar-refractivity contribution >= 4 is 52.0 Å². The Kier molecular flexibility index (Phi) is 11.5. The number of halogens is 1. The van der Waals surface area contributed by atoms with Crippen LogP contribution in [-0.4, -0.2) is 98.4 Å². The van der Waals surface area contributed by atoms with Gasteiger partial charge in [-0.1, -0.05) is 44.8 Å². The average Bonchev–Trinajstić information content (AvgIpc) is 3.41. The lowest BCUT2D eigenvalue weighted by Gasteiger charge is -2.42. The van der Waals surface area contributed by atoms with Gasteiger partial charge < -0.3 is 24.8 Å². The van der Waals surface area contributed by atoms with Crippen LogP contribution in [0.5, 0.6) is 0 Å². The first-order chi connectivity index (χ1) is 23.6. The number of piperazine rings is 1. The van der Waals surface area contributed by atoms with Gasteiger partial charge >= 0.3 is 0 Å². The fourth-order valence-electron chi connectivity index (χ4n) is 6.49. The standard InChI is InChI=1S/C36H50FN7O4SSi/c1-9-30(44-17-16-42(4)21-25(44)3)35(45)39-29-14-10-12-26-27(22-43(34(26)29)23-48-18-19-50(6,7)8)33-24(2)20-38-36(41-33)40-28-13-11-15-31(32(28)37)49(5,46)47/h10-15,20,22,25,30H,9,16-19,21,23H2,1-8H3,(H,39,45)(H,38,40,41)/t25-,30?/m0/s1. The van der Waals surface area contributed by atoms with Crippen LogP contribution in [0.1, 0.15) is 25.8 Å². The van der Waals surface area contributed by atoms with E-state index < -0.39 is 28.6 Å². The van der Waals surface area contributed by atoms with E-state index in [0.717, 1.165) is 54.0 Å². The molecule has 5 rings (SSSR count). The van der Waals surface area contributed by atoms with Crippen molar-refractivity contribution in [1.82, 2.24) is 24.3 Å². The highest BCUT2D eigenvalue weighted by Gasteiger charge is 2.32. The lowest BCUT2D eigenvalue weighted by Crippen LogP contribution is -2.57. The van der Waals surface area contributed by atoms with E-state index in [-0.39, 0.29) is 36.4 Å². The van der Waals surface area contributed by atoms with Crippen molar-refractivity contribution in [3.8, 4) is 11.3 Å². The summed E-state index contributed by atoms with van der Waals surface area (Å²) >= 11 is 0. The minimum absolute atomic E-state index is 0.0478. The molecule has 4 aromatic rings. The van der Waals surface area contributed by atoms with Crippen LogP contribution >= 0.6 is 0 Å². The van der Waals surface area contributed by atoms with E-state index in [1.807, 2.05) is 35.9 Å². The summed E-state index contributed by atoms with van der Waals surface area (Å²) in [5.74, 6) is -0.836. The molecule has 1 aliphatic heterocycles. The molecule has 50 heavy (non-hydrogen) atoms. The third kappa shape index (κ3) is 8.60. The summed E-state index contributed by atoms with van der Waals surface area (Å²) in [6.07, 6.45) is 5.27. The molecule has 0 radical (unpaired) electrons. The zero-order valence-corrected chi connectivity index (χ0v) is 32.2. The van der Waals surface area contributed by atoms with Gasteiger partial charge in [0.1, 0.15) is 11.6 Å². The van der Waals surface area contributed by atoms with E-state index in [4.69, 9.17) is 9.72 Å². The van der Waals surface area contributed by atoms with Gasteiger partial charge in [-0.05, 0) is 57.1 Å². The molecule has 1 unspecified atom stereocenters. The largest absolute Gasteiger partial charge is 0.361 e. The zero-order valence-electron chi connectivity index (χ0n) is 30.4. The Bertz CT molecular complexity index is 1960. The number of para-hydroxylation sites is 1. The number of fused-ring (bicyclic) bond motifs is 1. The van der Waals surface area contributed by atoms with Crippen LogP contribution in [0.25, 0.3) is 22.2 Å². The van der Waals surface area contributed by atoms with Crippen LogP contribution in [0.3, 0.4) is 0 Å². The number of likely N-dealkylation sites (N-methyl/N-ethyl adjacent to an activating group) is 1. The van der Waals surface area contributed by atoms with E-state index in [2.05, 4.69) is 66.0 Å². The quantitative estimate of drug-likeness (QED) is 0.120. The molecule has 2 aromatic carbocycles. The van der Waals surface area contributed by atoms with Gasteiger partial charge in [-0.3, -0.25) is 9.69 Å². The van der Waals surface area contributed by atoms with Crippen LogP contribution < -0.4 is 10.6 Å². The summed E-state index contributed by atoms with van der Waals surface area (Å²) in [5.41, 5.74) is 3.62. The number of carbonyl (C=O) groups excluding carboxylic acids is 1. The number of ether oxygens (including phenoxy) is 1. The van der Waals surface area contributed by atoms with E-state index in [1.54, 1.807) is 6.20 Å². The molecule has 1 saturated heterocycles. The van der Waals surface area contributed by atoms with Gasteiger partial charge in [-0.2, -0.15) is 0 Å². The maximum Gasteiger partial charge on any atom is 0.241 e. The first-order valence-corrected chi connectivity index (χ1v) is 22.7. The highest BCUT2D eigenvalue weighted by atomic mass is 32.2. The van der Waals surface area contributed by atoms with Gasteiger partial charge in [-0.15, -0.1) is 0 Å². The maximum atomic E-state index is 15.2. The third-order valence-corrected chi connectivity index (χ3v) is 12.0. The molecule has 2 atom stereocenters. The maximum absolute atomic E-state index is 15.2. The molecule has 3 heterocycles. The highest BCUT2D eigenvalue weighted by molar-refractivity contribution is 7.90. The lowest BCUT2D eigenvalue weighted by atomic mass is 10.1. The van der Waals surface area contributed by atoms with E-state index >= 15 is 4.39 Å². The third-order valence-electron chi connectivity index (χ3n) is 9.19. The molecule has 2 aromatic heterocycles. The molecule has 14 heteroatoms. The van der Waals surface area contributed by atoms with E-state index in [9.17, 15) is 13.2 Å². The van der Waals surface area contributed by atoms with Crippen molar-refractivity contribution in [1.29, 1.82) is 0 Å². The van der Waals surface area contributed by atoms with Crippen LogP contribution in [0, 0.1) is 12.7 Å². The van der Waals surface area contributed by atoms with Gasteiger partial charge in [0.25, 0.3) is 0 Å². The minimum Gasteiger partial charge on any atom is -0.361 e. The summed E-state index contributed by atoms with van der Waals surface area (Å²) in [7, 11) is -2.99. The van der Waals surface area contributed by atoms with Crippen molar-refractivity contribution in [3.63, 3.8) is 0 Å². The number of carbonyl (C=O) groups is 1. The topological polar surface area (TPSA) is 122 Å². The Balaban J connectivity index is 1.53. The number of anilines is 3. The molecular weight excluding hydrogens is 674 g/mol. The first kappa shape index (κ1) is 37.6. The number of nitrogens with zero attached hydrogens (tertiary/aromatic N) is 5. The van der Waals surface area contributed by atoms with Crippen molar-refractivity contribution < 1.29 is 22.3 Å². The molecule has 11 nitrogen and oxygen atoms in total. The number of amides is 1. The highest BCUT2D eigenvalue weighted by Crippen LogP contribution is 2.36. The predicted octanol–water partition coefficient (Wildman–Crippen LogP) is 6.36. The van der Waals surface area contributed by atoms with Gasteiger partial charge in [0.15, 0.2) is 15.7 Å². The van der Waals surface area contributed by atoms with Gasteiger partial charge in [0.2, 0.25) is 11.9 Å². The van der Waals surface area contributed by atoms with Crippen molar-refractivity contribution in [2.24, 2.45) is 0 Å². The van der Waals surface area contributed by atoms with E-state index in [1.165, 1.54) is 18.2 Å². The van der Waals surface area contributed by atoms with Gasteiger partial charge in [0.05, 0.1) is 28.6 Å². The molecule has 270 valence electrons. The average molecular weight is 724 g/mol. The second-order valence-electron chi connectivity index (χ2n) is 14.6. The Morgan fingerprint density at radius 3 is 2.54 bits per heavy atom. The summed E-state index contributed by atoms with van der Waals surface area (Å²) in [6, 6.07) is 10.9. The number of sulfone groups is 1. The van der Waals surface area contributed by atoms with Crippen LogP contribution in [0.15, 0.2) is 53.7 Å². The number of nitrogens with one attached hydrogen (secondary N) is 2. The van der Waals surface area contributed by atoms with Crippen molar-refractivity contribution in [2.75, 3.05) is 50.2 Å². The molecule has 0 aliphatic carbocycles. The summed E-state index contributed by atoms with van der Waals surface area (Å²) in [6.45, 7) is 16.6. The molecule has 0 saturated carbocycles. The number of hydrogen-bond acceptors (Lipinski definition) is 9. The fourth-order valence-corrected chi connectivity index (χ4v) is 8.00. The number of aromatic nitrogens is 3. The number of rotatable bonds is 13. The Morgan fingerprint density at radius 2 is 1.86 bits per heavy atom. The van der Waals surface area contributed by atoms with Gasteiger partial charge in [-0.25, -0.2) is 22.8 Å². The SMILES string of the molecule is CCC(C(=O)Nc1cccc2c(-c3nc(Nc4cccc(S(C)(=O)=O)c4F)ncc3C)cn(COCC[Si](C)(C)C)c12)N1CCN(C)C[C@@H]1C. The Hall–Kier alpha value is -3.69.